The molecule has 2 nitrogen and oxygen atoms in total. The Morgan fingerprint density at radius 2 is 1.19 bits per heavy atom. The van der Waals surface area contributed by atoms with Crippen LogP contribution in [0, 0.1) is 0 Å². The lowest BCUT2D eigenvalue weighted by molar-refractivity contribution is 1.30. The molecule has 0 spiro atoms. The summed E-state index contributed by atoms with van der Waals surface area (Å²) < 4.78 is 0. The third kappa shape index (κ3) is 4.69. The second-order valence-electron chi connectivity index (χ2n) is 3.48. The van der Waals surface area contributed by atoms with E-state index in [9.17, 15) is 0 Å². The molecule has 0 saturated carbocycles. The lowest BCUT2D eigenvalue weighted by Gasteiger charge is -2.06. The van der Waals surface area contributed by atoms with Gasteiger partial charge < -0.3 is 10.6 Å². The van der Waals surface area contributed by atoms with Crippen LogP contribution in [0.15, 0.2) is 48.6 Å². The second kappa shape index (κ2) is 7.57. The zero-order valence-electron chi connectivity index (χ0n) is 10.0. The Morgan fingerprint density at radius 3 is 1.50 bits per heavy atom. The van der Waals surface area contributed by atoms with Crippen LogP contribution < -0.4 is 10.6 Å². The van der Waals surface area contributed by atoms with E-state index < -0.39 is 0 Å². The smallest absolute Gasteiger partial charge is 0.0344 e. The summed E-state index contributed by atoms with van der Waals surface area (Å²) in [5, 5.41) is 6.62. The number of hydrogen-bond donors (Lipinski definition) is 2. The number of allylic oxidation sites excluding steroid dienone is 2. The number of hydrogen-bond acceptors (Lipinski definition) is 2. The van der Waals surface area contributed by atoms with Crippen LogP contribution in [0.1, 0.15) is 13.8 Å². The third-order valence-corrected chi connectivity index (χ3v) is 2.20. The van der Waals surface area contributed by atoms with Crippen molar-refractivity contribution in [3.8, 4) is 0 Å². The van der Waals surface area contributed by atoms with Crippen molar-refractivity contribution in [2.24, 2.45) is 0 Å². The molecular weight excluding hydrogens is 196 g/mol. The molecule has 0 radical (unpaired) electrons. The number of rotatable bonds is 6. The summed E-state index contributed by atoms with van der Waals surface area (Å²) in [5.41, 5.74) is 2.30. The molecule has 0 heterocycles. The molecule has 1 aromatic carbocycles. The molecule has 2 heteroatoms. The molecule has 0 atom stereocenters. The minimum Gasteiger partial charge on any atom is -0.382 e. The average Bonchev–Trinajstić information content (AvgIpc) is 2.32. The third-order valence-electron chi connectivity index (χ3n) is 2.20. The molecule has 0 aliphatic heterocycles. The van der Waals surface area contributed by atoms with Gasteiger partial charge in [0, 0.05) is 24.5 Å². The first-order valence-corrected chi connectivity index (χ1v) is 5.67. The van der Waals surface area contributed by atoms with Gasteiger partial charge in [-0.2, -0.15) is 0 Å². The van der Waals surface area contributed by atoms with Gasteiger partial charge in [-0.3, -0.25) is 0 Å². The highest BCUT2D eigenvalue weighted by molar-refractivity contribution is 5.53. The standard InChI is InChI=1S/C14H20N2/c1-3-5-11-15-13-7-9-14(10-8-13)16-12-6-4-2/h3-10,15-16H,11-12H2,1-2H3/b5-3+,6-4+. The zero-order valence-corrected chi connectivity index (χ0v) is 10.0. The van der Waals surface area contributed by atoms with Gasteiger partial charge in [-0.15, -0.1) is 0 Å². The van der Waals surface area contributed by atoms with Gasteiger partial charge in [0.1, 0.15) is 0 Å². The van der Waals surface area contributed by atoms with Crippen LogP contribution in [-0.2, 0) is 0 Å². The Labute approximate surface area is 98.1 Å². The molecule has 2 N–H and O–H groups in total. The van der Waals surface area contributed by atoms with Gasteiger partial charge in [-0.25, -0.2) is 0 Å². The summed E-state index contributed by atoms with van der Waals surface area (Å²) in [4.78, 5) is 0. The first-order valence-electron chi connectivity index (χ1n) is 5.67. The molecule has 1 aromatic rings. The SMILES string of the molecule is C/C=C/CNc1ccc(NC/C=C/C)cc1. The molecule has 86 valence electrons. The number of benzene rings is 1. The fraction of sp³-hybridized carbons (Fsp3) is 0.286. The Bertz CT molecular complexity index is 301. The van der Waals surface area contributed by atoms with Gasteiger partial charge in [-0.1, -0.05) is 24.3 Å². The van der Waals surface area contributed by atoms with E-state index in [1.54, 1.807) is 0 Å². The van der Waals surface area contributed by atoms with Gasteiger partial charge in [0.15, 0.2) is 0 Å². The maximum Gasteiger partial charge on any atom is 0.0344 e. The molecule has 16 heavy (non-hydrogen) atoms. The normalized spacial score (nSPS) is 11.1. The Kier molecular flexibility index (Phi) is 5.86. The molecular formula is C14H20N2. The van der Waals surface area contributed by atoms with Crippen molar-refractivity contribution in [2.45, 2.75) is 13.8 Å². The van der Waals surface area contributed by atoms with Gasteiger partial charge in [-0.05, 0) is 38.1 Å². The summed E-state index contributed by atoms with van der Waals surface area (Å²) in [6.45, 7) is 5.80. The Morgan fingerprint density at radius 1 is 0.812 bits per heavy atom. The molecule has 1 rings (SSSR count). The molecule has 0 aliphatic carbocycles. The van der Waals surface area contributed by atoms with E-state index >= 15 is 0 Å². The lowest BCUT2D eigenvalue weighted by atomic mass is 10.2. The highest BCUT2D eigenvalue weighted by Gasteiger charge is 1.91. The summed E-state index contributed by atoms with van der Waals surface area (Å²) >= 11 is 0. The fourth-order valence-corrected chi connectivity index (χ4v) is 1.30. The Hall–Kier alpha value is -1.70. The predicted octanol–water partition coefficient (Wildman–Crippen LogP) is 3.66. The van der Waals surface area contributed by atoms with Crippen molar-refractivity contribution in [3.05, 3.63) is 48.6 Å². The van der Waals surface area contributed by atoms with Crippen molar-refractivity contribution in [1.29, 1.82) is 0 Å². The summed E-state index contributed by atoms with van der Waals surface area (Å²) in [7, 11) is 0. The largest absolute Gasteiger partial charge is 0.382 e. The lowest BCUT2D eigenvalue weighted by Crippen LogP contribution is -2.00. The topological polar surface area (TPSA) is 24.1 Å². The highest BCUT2D eigenvalue weighted by atomic mass is 14.9. The van der Waals surface area contributed by atoms with Crippen molar-refractivity contribution in [3.63, 3.8) is 0 Å². The molecule has 0 saturated heterocycles. The van der Waals surface area contributed by atoms with E-state index in [-0.39, 0.29) is 0 Å². The quantitative estimate of drug-likeness (QED) is 0.709. The zero-order chi connectivity index (χ0) is 11.6. The Balaban J connectivity index is 2.41. The first kappa shape index (κ1) is 12.4. The van der Waals surface area contributed by atoms with E-state index in [1.165, 1.54) is 0 Å². The van der Waals surface area contributed by atoms with Crippen molar-refractivity contribution in [2.75, 3.05) is 23.7 Å². The minimum atomic E-state index is 0.877. The first-order chi connectivity index (χ1) is 7.86. The van der Waals surface area contributed by atoms with Gasteiger partial charge in [0.2, 0.25) is 0 Å². The van der Waals surface area contributed by atoms with E-state index in [0.29, 0.717) is 0 Å². The van der Waals surface area contributed by atoms with Crippen LogP contribution in [0.2, 0.25) is 0 Å². The van der Waals surface area contributed by atoms with E-state index in [2.05, 4.69) is 47.1 Å². The highest BCUT2D eigenvalue weighted by Crippen LogP contribution is 2.12. The van der Waals surface area contributed by atoms with Crippen molar-refractivity contribution >= 4 is 11.4 Å². The summed E-state index contributed by atoms with van der Waals surface area (Å²) in [5.74, 6) is 0. The summed E-state index contributed by atoms with van der Waals surface area (Å²) in [6, 6.07) is 8.34. The predicted molar refractivity (Wildman–Crippen MR) is 73.0 cm³/mol. The van der Waals surface area contributed by atoms with Crippen molar-refractivity contribution in [1.82, 2.24) is 0 Å². The maximum absolute atomic E-state index is 3.31. The van der Waals surface area contributed by atoms with Crippen LogP contribution in [0.25, 0.3) is 0 Å². The van der Waals surface area contributed by atoms with Gasteiger partial charge in [0.05, 0.1) is 0 Å². The van der Waals surface area contributed by atoms with Crippen molar-refractivity contribution < 1.29 is 0 Å². The molecule has 0 unspecified atom stereocenters. The van der Waals surface area contributed by atoms with E-state index in [1.807, 2.05) is 26.0 Å². The van der Waals surface area contributed by atoms with E-state index in [0.717, 1.165) is 24.5 Å². The second-order valence-corrected chi connectivity index (χ2v) is 3.48. The molecule has 0 aromatic heterocycles. The molecule has 0 bridgehead atoms. The van der Waals surface area contributed by atoms with E-state index in [4.69, 9.17) is 0 Å². The van der Waals surface area contributed by atoms with Gasteiger partial charge >= 0.3 is 0 Å². The van der Waals surface area contributed by atoms with Crippen LogP contribution in [-0.4, -0.2) is 13.1 Å². The van der Waals surface area contributed by atoms with Crippen LogP contribution in [0.5, 0.6) is 0 Å². The number of nitrogens with one attached hydrogen (secondary N) is 2. The van der Waals surface area contributed by atoms with Gasteiger partial charge in [0.25, 0.3) is 0 Å². The maximum atomic E-state index is 3.31. The van der Waals surface area contributed by atoms with Crippen LogP contribution in [0.3, 0.4) is 0 Å². The number of anilines is 2. The minimum absolute atomic E-state index is 0.877. The summed E-state index contributed by atoms with van der Waals surface area (Å²) in [6.07, 6.45) is 8.27. The monoisotopic (exact) mass is 216 g/mol. The fourth-order valence-electron chi connectivity index (χ4n) is 1.30. The van der Waals surface area contributed by atoms with Crippen LogP contribution in [0.4, 0.5) is 11.4 Å². The average molecular weight is 216 g/mol. The van der Waals surface area contributed by atoms with Crippen LogP contribution >= 0.6 is 0 Å². The molecule has 0 amide bonds. The molecule has 0 fully saturated rings. The molecule has 0 aliphatic rings.